The normalized spacial score (nSPS) is 12.0. The predicted octanol–water partition coefficient (Wildman–Crippen LogP) is 4.35. The third kappa shape index (κ3) is 3.09. The molecule has 3 heterocycles. The Bertz CT molecular complexity index is 794. The van der Waals surface area contributed by atoms with Crippen LogP contribution in [-0.4, -0.2) is 14.4 Å². The molecule has 0 fully saturated rings. The summed E-state index contributed by atoms with van der Waals surface area (Å²) in [6.45, 7) is 1.98. The number of thioether (sulfide) groups is 1. The van der Waals surface area contributed by atoms with E-state index in [-0.39, 0.29) is 0 Å². The molecule has 0 bridgehead atoms. The highest BCUT2D eigenvalue weighted by Crippen LogP contribution is 2.30. The zero-order valence-electron chi connectivity index (χ0n) is 11.6. The van der Waals surface area contributed by atoms with Crippen LogP contribution in [0.3, 0.4) is 0 Å². The van der Waals surface area contributed by atoms with Crippen molar-refractivity contribution < 1.29 is 13.2 Å². The Balaban J connectivity index is 1.72. The number of rotatable bonds is 3. The molecule has 0 saturated heterocycles. The average Bonchev–Trinajstić information content (AvgIpc) is 2.89. The monoisotopic (exact) mass is 323 g/mol. The molecule has 0 aliphatic rings. The molecule has 0 spiro atoms. The maximum atomic E-state index is 12.5. The molecule has 0 unspecified atom stereocenters. The van der Waals surface area contributed by atoms with E-state index in [1.165, 1.54) is 17.8 Å². The van der Waals surface area contributed by atoms with Crippen molar-refractivity contribution in [3.05, 3.63) is 59.7 Å². The smallest absolute Gasteiger partial charge is 0.307 e. The van der Waals surface area contributed by atoms with Gasteiger partial charge in [-0.3, -0.25) is 0 Å². The van der Waals surface area contributed by atoms with Gasteiger partial charge >= 0.3 is 6.18 Å². The largest absolute Gasteiger partial charge is 0.417 e. The van der Waals surface area contributed by atoms with E-state index in [1.807, 2.05) is 35.9 Å². The molecule has 0 N–H and O–H groups in total. The number of hydrogen-bond acceptors (Lipinski definition) is 3. The van der Waals surface area contributed by atoms with Crippen molar-refractivity contribution in [3.63, 3.8) is 0 Å². The van der Waals surface area contributed by atoms with Gasteiger partial charge in [-0.2, -0.15) is 13.2 Å². The van der Waals surface area contributed by atoms with Crippen LogP contribution in [-0.2, 0) is 11.9 Å². The van der Waals surface area contributed by atoms with Crippen molar-refractivity contribution in [1.82, 2.24) is 14.4 Å². The van der Waals surface area contributed by atoms with Crippen LogP contribution in [0.2, 0.25) is 0 Å². The van der Waals surface area contributed by atoms with Crippen LogP contribution in [0.5, 0.6) is 0 Å². The van der Waals surface area contributed by atoms with Crippen LogP contribution in [0.25, 0.3) is 5.65 Å². The number of aromatic nitrogens is 3. The Morgan fingerprint density at radius 2 is 2.05 bits per heavy atom. The maximum Gasteiger partial charge on any atom is 0.417 e. The molecule has 3 rings (SSSR count). The van der Waals surface area contributed by atoms with Crippen molar-refractivity contribution in [2.45, 2.75) is 23.9 Å². The molecular formula is C15H12F3N3S. The lowest BCUT2D eigenvalue weighted by atomic mass is 10.3. The minimum Gasteiger partial charge on any atom is -0.307 e. The van der Waals surface area contributed by atoms with E-state index >= 15 is 0 Å². The highest BCUT2D eigenvalue weighted by atomic mass is 32.2. The quantitative estimate of drug-likeness (QED) is 0.671. The van der Waals surface area contributed by atoms with Crippen LogP contribution in [0.4, 0.5) is 13.2 Å². The topological polar surface area (TPSA) is 30.2 Å². The summed E-state index contributed by atoms with van der Waals surface area (Å²) in [5.41, 5.74) is 2.09. The van der Waals surface area contributed by atoms with E-state index in [0.717, 1.165) is 29.2 Å². The third-order valence-electron chi connectivity index (χ3n) is 3.16. The summed E-state index contributed by atoms with van der Waals surface area (Å²) in [5, 5.41) is 0.543. The number of imidazole rings is 1. The van der Waals surface area contributed by atoms with Crippen LogP contribution in [0, 0.1) is 6.92 Å². The second kappa shape index (κ2) is 5.64. The standard InChI is InChI=1S/C15H12F3N3S/c1-10-3-2-6-21-8-12(20-14(10)21)9-22-13-5-4-11(7-19-13)15(16,17)18/h2-8H,9H2,1H3. The summed E-state index contributed by atoms with van der Waals surface area (Å²) >= 11 is 1.36. The van der Waals surface area contributed by atoms with Gasteiger partial charge in [0, 0.05) is 24.3 Å². The molecule has 0 radical (unpaired) electrons. The Hall–Kier alpha value is -2.02. The van der Waals surface area contributed by atoms with Crippen LogP contribution < -0.4 is 0 Å². The van der Waals surface area contributed by atoms with Crippen molar-refractivity contribution >= 4 is 17.4 Å². The highest BCUT2D eigenvalue weighted by Gasteiger charge is 2.30. The fourth-order valence-electron chi connectivity index (χ4n) is 2.06. The van der Waals surface area contributed by atoms with E-state index < -0.39 is 11.7 Å². The summed E-state index contributed by atoms with van der Waals surface area (Å²) in [6, 6.07) is 6.35. The lowest BCUT2D eigenvalue weighted by Gasteiger charge is -2.06. The highest BCUT2D eigenvalue weighted by molar-refractivity contribution is 7.98. The molecular weight excluding hydrogens is 311 g/mol. The van der Waals surface area contributed by atoms with Crippen molar-refractivity contribution in [2.24, 2.45) is 0 Å². The van der Waals surface area contributed by atoms with Gasteiger partial charge in [-0.25, -0.2) is 9.97 Å². The van der Waals surface area contributed by atoms with Crippen molar-refractivity contribution in [2.75, 3.05) is 0 Å². The molecule has 22 heavy (non-hydrogen) atoms. The minimum absolute atomic E-state index is 0.543. The second-order valence-corrected chi connectivity index (χ2v) is 5.82. The summed E-state index contributed by atoms with van der Waals surface area (Å²) in [6.07, 6.45) is 0.338. The number of pyridine rings is 2. The number of nitrogens with zero attached hydrogens (tertiary/aromatic N) is 3. The van der Waals surface area contributed by atoms with Crippen molar-refractivity contribution in [3.8, 4) is 0 Å². The van der Waals surface area contributed by atoms with E-state index in [4.69, 9.17) is 0 Å². The number of hydrogen-bond donors (Lipinski definition) is 0. The lowest BCUT2D eigenvalue weighted by molar-refractivity contribution is -0.137. The van der Waals surface area contributed by atoms with Gasteiger partial charge < -0.3 is 4.40 Å². The number of halogens is 3. The van der Waals surface area contributed by atoms with Gasteiger partial charge in [0.05, 0.1) is 16.3 Å². The van der Waals surface area contributed by atoms with Gasteiger partial charge in [0.1, 0.15) is 5.65 Å². The van der Waals surface area contributed by atoms with E-state index in [1.54, 1.807) is 0 Å². The maximum absolute atomic E-state index is 12.5. The van der Waals surface area contributed by atoms with Crippen molar-refractivity contribution in [1.29, 1.82) is 0 Å². The summed E-state index contributed by atoms with van der Waals surface area (Å²) in [7, 11) is 0. The fourth-order valence-corrected chi connectivity index (χ4v) is 2.78. The molecule has 0 atom stereocenters. The Kier molecular flexibility index (Phi) is 3.82. The average molecular weight is 323 g/mol. The van der Waals surface area contributed by atoms with Gasteiger partial charge in [0.2, 0.25) is 0 Å². The van der Waals surface area contributed by atoms with E-state index in [9.17, 15) is 13.2 Å². The third-order valence-corrected chi connectivity index (χ3v) is 4.14. The van der Waals surface area contributed by atoms with Gasteiger partial charge in [-0.05, 0) is 30.7 Å². The Labute approximate surface area is 129 Å². The van der Waals surface area contributed by atoms with Crippen LogP contribution >= 0.6 is 11.8 Å². The molecule has 3 nitrogen and oxygen atoms in total. The molecule has 3 aromatic rings. The summed E-state index contributed by atoms with van der Waals surface area (Å²) in [5.74, 6) is 0.555. The number of aryl methyl sites for hydroxylation is 1. The van der Waals surface area contributed by atoms with Crippen LogP contribution in [0.15, 0.2) is 47.9 Å². The number of alkyl halides is 3. The lowest BCUT2D eigenvalue weighted by Crippen LogP contribution is -2.05. The van der Waals surface area contributed by atoms with Crippen LogP contribution in [0.1, 0.15) is 16.8 Å². The first-order chi connectivity index (χ1) is 10.4. The molecule has 0 aliphatic heterocycles. The Morgan fingerprint density at radius 3 is 2.68 bits per heavy atom. The number of fused-ring (bicyclic) bond motifs is 1. The van der Waals surface area contributed by atoms with Gasteiger partial charge in [-0.15, -0.1) is 0 Å². The molecule has 0 saturated carbocycles. The first-order valence-corrected chi connectivity index (χ1v) is 7.51. The molecule has 114 valence electrons. The zero-order valence-corrected chi connectivity index (χ0v) is 12.4. The molecule has 3 aromatic heterocycles. The van der Waals surface area contributed by atoms with E-state index in [2.05, 4.69) is 9.97 Å². The van der Waals surface area contributed by atoms with Gasteiger partial charge in [-0.1, -0.05) is 17.8 Å². The molecule has 7 heteroatoms. The SMILES string of the molecule is Cc1cccn2cc(CSc3ccc(C(F)(F)F)cn3)nc12. The molecule has 0 amide bonds. The Morgan fingerprint density at radius 1 is 1.23 bits per heavy atom. The van der Waals surface area contributed by atoms with E-state index in [0.29, 0.717) is 10.8 Å². The fraction of sp³-hybridized carbons (Fsp3) is 0.200. The molecule has 0 aromatic carbocycles. The van der Waals surface area contributed by atoms with Gasteiger partial charge in [0.25, 0.3) is 0 Å². The first kappa shape index (κ1) is 14.9. The zero-order chi connectivity index (χ0) is 15.7. The minimum atomic E-state index is -4.35. The predicted molar refractivity (Wildman–Crippen MR) is 78.7 cm³/mol. The molecule has 0 aliphatic carbocycles. The summed E-state index contributed by atoms with van der Waals surface area (Å²) in [4.78, 5) is 8.36. The summed E-state index contributed by atoms with van der Waals surface area (Å²) < 4.78 is 39.3. The second-order valence-electron chi connectivity index (χ2n) is 4.83. The first-order valence-electron chi connectivity index (χ1n) is 6.53. The van der Waals surface area contributed by atoms with Gasteiger partial charge in [0.15, 0.2) is 0 Å².